The van der Waals surface area contributed by atoms with Crippen molar-refractivity contribution in [2.24, 2.45) is 5.92 Å². The maximum Gasteiger partial charge on any atom is 0.345 e. The number of hydrogen-bond acceptors (Lipinski definition) is 4. The standard InChI is InChI=1S/C24H32O4/c1-6-7-8-9-16-13-19-21(22-20(16)23(25)27-15(3)26-22)17-12-14(2)10-11-18(17)24(4,5)28-19/h12-13,15,17-18H,6-11H2,1-5H3. The summed E-state index contributed by atoms with van der Waals surface area (Å²) < 4.78 is 18.1. The van der Waals surface area contributed by atoms with Crippen LogP contribution in [-0.2, 0) is 11.2 Å². The zero-order valence-electron chi connectivity index (χ0n) is 17.8. The summed E-state index contributed by atoms with van der Waals surface area (Å²) in [4.78, 5) is 12.8. The minimum Gasteiger partial charge on any atom is -0.487 e. The summed E-state index contributed by atoms with van der Waals surface area (Å²) in [5, 5.41) is 0. The van der Waals surface area contributed by atoms with Gasteiger partial charge < -0.3 is 14.2 Å². The number of hydrogen-bond donors (Lipinski definition) is 0. The number of cyclic esters (lactones) is 1. The molecule has 0 amide bonds. The van der Waals surface area contributed by atoms with Crippen LogP contribution in [0.25, 0.3) is 0 Å². The number of carbonyl (C=O) groups is 1. The second kappa shape index (κ2) is 7.13. The van der Waals surface area contributed by atoms with Crippen molar-refractivity contribution in [3.05, 3.63) is 34.4 Å². The highest BCUT2D eigenvalue weighted by Gasteiger charge is 2.47. The largest absolute Gasteiger partial charge is 0.487 e. The first kappa shape index (κ1) is 19.4. The number of rotatable bonds is 4. The third kappa shape index (κ3) is 3.21. The molecule has 0 saturated carbocycles. The fourth-order valence-corrected chi connectivity index (χ4v) is 5.10. The number of fused-ring (bicyclic) bond motifs is 5. The van der Waals surface area contributed by atoms with Gasteiger partial charge in [0.1, 0.15) is 22.7 Å². The Morgan fingerprint density at radius 2 is 2.00 bits per heavy atom. The number of allylic oxidation sites excluding steroid dienone is 2. The molecule has 4 rings (SSSR count). The quantitative estimate of drug-likeness (QED) is 0.367. The van der Waals surface area contributed by atoms with E-state index in [1.54, 1.807) is 6.92 Å². The summed E-state index contributed by atoms with van der Waals surface area (Å²) in [6.45, 7) is 10.5. The minimum absolute atomic E-state index is 0.212. The van der Waals surface area contributed by atoms with Gasteiger partial charge in [0, 0.05) is 24.3 Å². The monoisotopic (exact) mass is 384 g/mol. The van der Waals surface area contributed by atoms with Gasteiger partial charge >= 0.3 is 5.97 Å². The molecule has 2 aliphatic heterocycles. The zero-order chi connectivity index (χ0) is 20.1. The molecule has 152 valence electrons. The van der Waals surface area contributed by atoms with Crippen LogP contribution in [0.5, 0.6) is 11.5 Å². The fraction of sp³-hybridized carbons (Fsp3) is 0.625. The number of aryl methyl sites for hydroxylation is 1. The van der Waals surface area contributed by atoms with Gasteiger partial charge in [-0.15, -0.1) is 0 Å². The Morgan fingerprint density at radius 1 is 1.21 bits per heavy atom. The molecule has 1 aromatic carbocycles. The first-order chi connectivity index (χ1) is 13.3. The Labute approximate surface area is 168 Å². The lowest BCUT2D eigenvalue weighted by molar-refractivity contribution is -0.0518. The van der Waals surface area contributed by atoms with Gasteiger partial charge in [-0.1, -0.05) is 31.4 Å². The Morgan fingerprint density at radius 3 is 2.75 bits per heavy atom. The molecular formula is C24H32O4. The molecule has 0 saturated heterocycles. The van der Waals surface area contributed by atoms with Gasteiger partial charge in [-0.3, -0.25) is 0 Å². The van der Waals surface area contributed by atoms with Gasteiger partial charge in [0.05, 0.1) is 0 Å². The van der Waals surface area contributed by atoms with E-state index >= 15 is 0 Å². The number of carbonyl (C=O) groups excluding carboxylic acids is 1. The molecule has 1 aromatic rings. The number of benzene rings is 1. The van der Waals surface area contributed by atoms with E-state index in [-0.39, 0.29) is 17.5 Å². The predicted molar refractivity (Wildman–Crippen MR) is 109 cm³/mol. The van der Waals surface area contributed by atoms with Crippen molar-refractivity contribution < 1.29 is 19.0 Å². The maximum absolute atomic E-state index is 12.8. The summed E-state index contributed by atoms with van der Waals surface area (Å²) in [7, 11) is 0. The van der Waals surface area contributed by atoms with Gasteiger partial charge in [0.15, 0.2) is 0 Å². The fourth-order valence-electron chi connectivity index (χ4n) is 5.10. The topological polar surface area (TPSA) is 44.8 Å². The lowest BCUT2D eigenvalue weighted by Crippen LogP contribution is -2.46. The van der Waals surface area contributed by atoms with Crippen molar-refractivity contribution in [2.45, 2.75) is 91.0 Å². The molecule has 0 radical (unpaired) electrons. The average molecular weight is 385 g/mol. The predicted octanol–water partition coefficient (Wildman–Crippen LogP) is 5.93. The SMILES string of the molecule is CCCCCc1cc2c(c3c1C(=O)OC(C)O3)C1C=C(C)CCC1C(C)(C)O2. The maximum atomic E-state index is 12.8. The van der Waals surface area contributed by atoms with E-state index < -0.39 is 6.29 Å². The highest BCUT2D eigenvalue weighted by atomic mass is 16.7. The lowest BCUT2D eigenvalue weighted by atomic mass is 9.67. The Hall–Kier alpha value is -1.97. The van der Waals surface area contributed by atoms with E-state index in [2.05, 4.69) is 39.8 Å². The lowest BCUT2D eigenvalue weighted by Gasteiger charge is -2.47. The molecule has 0 N–H and O–H groups in total. The molecule has 4 heteroatoms. The van der Waals surface area contributed by atoms with Gasteiger partial charge in [-0.25, -0.2) is 4.79 Å². The normalized spacial score (nSPS) is 27.4. The summed E-state index contributed by atoms with van der Waals surface area (Å²) in [6, 6.07) is 2.08. The molecule has 0 aromatic heterocycles. The summed E-state index contributed by atoms with van der Waals surface area (Å²) >= 11 is 0. The number of ether oxygens (including phenoxy) is 3. The van der Waals surface area contributed by atoms with Crippen LogP contribution in [0.15, 0.2) is 17.7 Å². The highest BCUT2D eigenvalue weighted by Crippen LogP contribution is 2.55. The average Bonchev–Trinajstić information content (AvgIpc) is 2.60. The summed E-state index contributed by atoms with van der Waals surface area (Å²) in [5.41, 5.74) is 3.81. The molecule has 2 heterocycles. The van der Waals surface area contributed by atoms with Crippen LogP contribution in [0.1, 0.15) is 94.1 Å². The number of esters is 1. The third-order valence-corrected chi connectivity index (χ3v) is 6.52. The van der Waals surface area contributed by atoms with Gasteiger partial charge in [0.25, 0.3) is 0 Å². The van der Waals surface area contributed by atoms with Crippen LogP contribution in [0, 0.1) is 5.92 Å². The van der Waals surface area contributed by atoms with Crippen molar-refractivity contribution in [2.75, 3.05) is 0 Å². The van der Waals surface area contributed by atoms with Crippen LogP contribution in [0.4, 0.5) is 0 Å². The molecule has 0 spiro atoms. The molecule has 3 atom stereocenters. The van der Waals surface area contributed by atoms with Gasteiger partial charge in [-0.2, -0.15) is 0 Å². The smallest absolute Gasteiger partial charge is 0.345 e. The molecule has 1 aliphatic carbocycles. The molecule has 28 heavy (non-hydrogen) atoms. The van der Waals surface area contributed by atoms with E-state index in [4.69, 9.17) is 14.2 Å². The van der Waals surface area contributed by atoms with E-state index in [0.29, 0.717) is 17.2 Å². The number of unbranched alkanes of at least 4 members (excludes halogenated alkanes) is 2. The third-order valence-electron chi connectivity index (χ3n) is 6.52. The summed E-state index contributed by atoms with van der Waals surface area (Å²) in [6.07, 6.45) is 8.13. The molecule has 3 unspecified atom stereocenters. The van der Waals surface area contributed by atoms with Gasteiger partial charge in [0.2, 0.25) is 6.29 Å². The second-order valence-corrected chi connectivity index (χ2v) is 9.09. The molecule has 4 nitrogen and oxygen atoms in total. The Bertz CT molecular complexity index is 820. The van der Waals surface area contributed by atoms with Crippen molar-refractivity contribution in [1.82, 2.24) is 0 Å². The van der Waals surface area contributed by atoms with Crippen molar-refractivity contribution >= 4 is 5.97 Å². The Balaban J connectivity index is 1.90. The zero-order valence-corrected chi connectivity index (χ0v) is 17.8. The summed E-state index contributed by atoms with van der Waals surface area (Å²) in [5.74, 6) is 1.90. The van der Waals surface area contributed by atoms with Crippen LogP contribution in [0.3, 0.4) is 0 Å². The van der Waals surface area contributed by atoms with Crippen molar-refractivity contribution in [3.8, 4) is 11.5 Å². The van der Waals surface area contributed by atoms with E-state index in [9.17, 15) is 4.79 Å². The van der Waals surface area contributed by atoms with Crippen LogP contribution in [-0.4, -0.2) is 17.9 Å². The van der Waals surface area contributed by atoms with Gasteiger partial charge in [-0.05, 0) is 58.1 Å². The molecule has 0 fully saturated rings. The first-order valence-electron chi connectivity index (χ1n) is 10.8. The van der Waals surface area contributed by atoms with Crippen LogP contribution in [0.2, 0.25) is 0 Å². The van der Waals surface area contributed by atoms with E-state index in [1.165, 1.54) is 5.57 Å². The van der Waals surface area contributed by atoms with Crippen molar-refractivity contribution in [1.29, 1.82) is 0 Å². The van der Waals surface area contributed by atoms with E-state index in [1.807, 2.05) is 0 Å². The Kier molecular flexibility index (Phi) is 4.93. The van der Waals surface area contributed by atoms with Crippen LogP contribution < -0.4 is 9.47 Å². The molecule has 3 aliphatic rings. The minimum atomic E-state index is -0.572. The van der Waals surface area contributed by atoms with Crippen LogP contribution >= 0.6 is 0 Å². The molecule has 0 bridgehead atoms. The highest BCUT2D eigenvalue weighted by molar-refractivity contribution is 5.96. The molecular weight excluding hydrogens is 352 g/mol. The van der Waals surface area contributed by atoms with Crippen molar-refractivity contribution in [3.63, 3.8) is 0 Å². The second-order valence-electron chi connectivity index (χ2n) is 9.09. The van der Waals surface area contributed by atoms with E-state index in [0.717, 1.165) is 55.4 Å². The first-order valence-corrected chi connectivity index (χ1v) is 10.8.